The van der Waals surface area contributed by atoms with E-state index in [4.69, 9.17) is 4.74 Å². The fourth-order valence-electron chi connectivity index (χ4n) is 2.87. The van der Waals surface area contributed by atoms with Crippen molar-refractivity contribution in [3.8, 4) is 0 Å². The van der Waals surface area contributed by atoms with Gasteiger partial charge in [0.1, 0.15) is 0 Å². The van der Waals surface area contributed by atoms with E-state index in [0.717, 1.165) is 0 Å². The van der Waals surface area contributed by atoms with E-state index in [0.29, 0.717) is 48.9 Å². The van der Waals surface area contributed by atoms with Crippen LogP contribution in [0.15, 0.2) is 22.2 Å². The van der Waals surface area contributed by atoms with Crippen molar-refractivity contribution in [2.75, 3.05) is 25.0 Å². The van der Waals surface area contributed by atoms with Gasteiger partial charge in [0.2, 0.25) is 5.91 Å². The topological polar surface area (TPSA) is 101 Å². The molecule has 1 fully saturated rings. The summed E-state index contributed by atoms with van der Waals surface area (Å²) < 4.78 is 4.99. The molecule has 0 bridgehead atoms. The number of ether oxygens (including phenoxy) is 1. The minimum Gasteiger partial charge on any atom is -0.450 e. The van der Waals surface area contributed by atoms with Crippen molar-refractivity contribution in [3.63, 3.8) is 0 Å². The van der Waals surface area contributed by atoms with Gasteiger partial charge in [-0.25, -0.2) is 9.78 Å². The minimum absolute atomic E-state index is 0.0366. The zero-order valence-corrected chi connectivity index (χ0v) is 17.1. The third kappa shape index (κ3) is 5.52. The Labute approximate surface area is 170 Å². The van der Waals surface area contributed by atoms with Crippen LogP contribution in [0.25, 0.3) is 0 Å². The molecule has 28 heavy (non-hydrogen) atoms. The standard InChI is InChI=1S/C18H22N4O4S2/c1-2-26-18(25)22-6-3-13(4-7-22)19-15(23)9-14-11-28-17(20-14)21-16(24)12-5-8-27-10-12/h5,8,10-11,13H,2-4,6-7,9H2,1H3,(H,19,23)(H,20,21,24). The van der Waals surface area contributed by atoms with E-state index in [1.165, 1.54) is 22.7 Å². The van der Waals surface area contributed by atoms with Crippen molar-refractivity contribution in [2.24, 2.45) is 0 Å². The third-order valence-corrected chi connectivity index (χ3v) is 5.77. The van der Waals surface area contributed by atoms with Gasteiger partial charge in [-0.3, -0.25) is 14.9 Å². The summed E-state index contributed by atoms with van der Waals surface area (Å²) in [5.74, 6) is -0.324. The number of anilines is 1. The number of hydrogen-bond acceptors (Lipinski definition) is 7. The highest BCUT2D eigenvalue weighted by atomic mass is 32.1. The number of likely N-dealkylation sites (tertiary alicyclic amines) is 1. The fraction of sp³-hybridized carbons (Fsp3) is 0.444. The normalized spacial score (nSPS) is 14.5. The van der Waals surface area contributed by atoms with Gasteiger partial charge in [-0.1, -0.05) is 0 Å². The van der Waals surface area contributed by atoms with Crippen molar-refractivity contribution in [1.29, 1.82) is 0 Å². The number of thiazole rings is 1. The van der Waals surface area contributed by atoms with Crippen LogP contribution in [-0.2, 0) is 16.0 Å². The van der Waals surface area contributed by atoms with Crippen LogP contribution < -0.4 is 10.6 Å². The molecule has 0 aliphatic carbocycles. The maximum Gasteiger partial charge on any atom is 0.409 e. The third-order valence-electron chi connectivity index (χ3n) is 4.28. The monoisotopic (exact) mass is 422 g/mol. The number of nitrogens with one attached hydrogen (secondary N) is 2. The van der Waals surface area contributed by atoms with Gasteiger partial charge in [0.05, 0.1) is 24.3 Å². The van der Waals surface area contributed by atoms with Gasteiger partial charge in [-0.05, 0) is 31.2 Å². The minimum atomic E-state index is -0.299. The van der Waals surface area contributed by atoms with Crippen LogP contribution in [-0.4, -0.2) is 53.5 Å². The highest BCUT2D eigenvalue weighted by Crippen LogP contribution is 2.18. The summed E-state index contributed by atoms with van der Waals surface area (Å²) in [7, 11) is 0. The number of thiophene rings is 1. The molecule has 0 spiro atoms. The van der Waals surface area contributed by atoms with E-state index >= 15 is 0 Å². The van der Waals surface area contributed by atoms with Gasteiger partial charge >= 0.3 is 6.09 Å². The molecule has 3 rings (SSSR count). The molecule has 1 aliphatic rings. The number of hydrogen-bond donors (Lipinski definition) is 2. The molecule has 10 heteroatoms. The van der Waals surface area contributed by atoms with Crippen molar-refractivity contribution >= 4 is 45.7 Å². The molecule has 2 aromatic rings. The second kappa shape index (κ2) is 9.65. The van der Waals surface area contributed by atoms with Gasteiger partial charge in [0, 0.05) is 29.9 Å². The van der Waals surface area contributed by atoms with Gasteiger partial charge in [0.15, 0.2) is 5.13 Å². The summed E-state index contributed by atoms with van der Waals surface area (Å²) in [6.45, 7) is 3.28. The Balaban J connectivity index is 1.43. The molecule has 0 saturated carbocycles. The van der Waals surface area contributed by atoms with E-state index in [1.807, 2.05) is 5.38 Å². The zero-order chi connectivity index (χ0) is 19.9. The number of aromatic nitrogens is 1. The lowest BCUT2D eigenvalue weighted by atomic mass is 10.1. The molecule has 8 nitrogen and oxygen atoms in total. The SMILES string of the molecule is CCOC(=O)N1CCC(NC(=O)Cc2csc(NC(=O)c3ccsc3)n2)CC1. The Morgan fingerprint density at radius 1 is 1.29 bits per heavy atom. The van der Waals surface area contributed by atoms with Crippen LogP contribution in [0.3, 0.4) is 0 Å². The van der Waals surface area contributed by atoms with E-state index in [9.17, 15) is 14.4 Å². The second-order valence-corrected chi connectivity index (χ2v) is 7.95. The molecule has 3 amide bonds. The van der Waals surface area contributed by atoms with Gasteiger partial charge in [0.25, 0.3) is 5.91 Å². The second-order valence-electron chi connectivity index (χ2n) is 6.31. The van der Waals surface area contributed by atoms with Gasteiger partial charge in [-0.15, -0.1) is 11.3 Å². The molecule has 1 aliphatic heterocycles. The highest BCUT2D eigenvalue weighted by molar-refractivity contribution is 7.14. The predicted molar refractivity (Wildman–Crippen MR) is 108 cm³/mol. The maximum absolute atomic E-state index is 12.3. The summed E-state index contributed by atoms with van der Waals surface area (Å²) in [5.41, 5.74) is 1.21. The number of carbonyl (C=O) groups excluding carboxylic acids is 3. The Morgan fingerprint density at radius 3 is 2.75 bits per heavy atom. The Bertz CT molecular complexity index is 813. The molecule has 150 valence electrons. The summed E-state index contributed by atoms with van der Waals surface area (Å²) in [5, 5.41) is 11.6. The van der Waals surface area contributed by atoms with Crippen molar-refractivity contribution in [1.82, 2.24) is 15.2 Å². The summed E-state index contributed by atoms with van der Waals surface area (Å²) in [6.07, 6.45) is 1.25. The summed E-state index contributed by atoms with van der Waals surface area (Å²) in [4.78, 5) is 42.0. The molecule has 1 saturated heterocycles. The molecule has 0 aromatic carbocycles. The average Bonchev–Trinajstić information content (AvgIpc) is 3.35. The van der Waals surface area contributed by atoms with Crippen LogP contribution >= 0.6 is 22.7 Å². The molecule has 0 radical (unpaired) electrons. The molecular formula is C18H22N4O4S2. The lowest BCUT2D eigenvalue weighted by Crippen LogP contribution is -2.47. The first-order chi connectivity index (χ1) is 13.5. The van der Waals surface area contributed by atoms with Crippen LogP contribution in [0.2, 0.25) is 0 Å². The highest BCUT2D eigenvalue weighted by Gasteiger charge is 2.24. The summed E-state index contributed by atoms with van der Waals surface area (Å²) in [6, 6.07) is 1.78. The first-order valence-electron chi connectivity index (χ1n) is 9.04. The number of piperidine rings is 1. The van der Waals surface area contributed by atoms with E-state index < -0.39 is 0 Å². The molecule has 2 aromatic heterocycles. The fourth-order valence-corrected chi connectivity index (χ4v) is 4.21. The van der Waals surface area contributed by atoms with Crippen molar-refractivity contribution in [2.45, 2.75) is 32.2 Å². The first-order valence-corrected chi connectivity index (χ1v) is 10.9. The number of rotatable bonds is 6. The van der Waals surface area contributed by atoms with Crippen LogP contribution in [0.5, 0.6) is 0 Å². The van der Waals surface area contributed by atoms with Gasteiger partial charge < -0.3 is 15.0 Å². The Hall–Kier alpha value is -2.46. The molecular weight excluding hydrogens is 400 g/mol. The maximum atomic E-state index is 12.3. The lowest BCUT2D eigenvalue weighted by Gasteiger charge is -2.31. The number of nitrogens with zero attached hydrogens (tertiary/aromatic N) is 2. The van der Waals surface area contributed by atoms with E-state index in [-0.39, 0.29) is 30.4 Å². The molecule has 0 atom stereocenters. The van der Waals surface area contributed by atoms with E-state index in [1.54, 1.807) is 28.7 Å². The summed E-state index contributed by atoms with van der Waals surface area (Å²) >= 11 is 2.75. The molecule has 0 unspecified atom stereocenters. The van der Waals surface area contributed by atoms with Crippen molar-refractivity contribution < 1.29 is 19.1 Å². The average molecular weight is 423 g/mol. The zero-order valence-electron chi connectivity index (χ0n) is 15.5. The lowest BCUT2D eigenvalue weighted by molar-refractivity contribution is -0.121. The van der Waals surface area contributed by atoms with Crippen LogP contribution in [0.4, 0.5) is 9.93 Å². The molecule has 2 N–H and O–H groups in total. The largest absolute Gasteiger partial charge is 0.450 e. The first kappa shape index (κ1) is 20.3. The molecule has 3 heterocycles. The number of amides is 3. The van der Waals surface area contributed by atoms with Crippen molar-refractivity contribution in [3.05, 3.63) is 33.5 Å². The number of carbonyl (C=O) groups is 3. The van der Waals surface area contributed by atoms with E-state index in [2.05, 4.69) is 15.6 Å². The quantitative estimate of drug-likeness (QED) is 0.746. The van der Waals surface area contributed by atoms with Crippen LogP contribution in [0, 0.1) is 0 Å². The van der Waals surface area contributed by atoms with Gasteiger partial charge in [-0.2, -0.15) is 11.3 Å². The predicted octanol–water partition coefficient (Wildman–Crippen LogP) is 2.74. The smallest absolute Gasteiger partial charge is 0.409 e. The Morgan fingerprint density at radius 2 is 2.07 bits per heavy atom. The Kier molecular flexibility index (Phi) is 6.99. The van der Waals surface area contributed by atoms with Crippen LogP contribution in [0.1, 0.15) is 35.8 Å².